The lowest BCUT2D eigenvalue weighted by Crippen LogP contribution is -2.41. The molecule has 1 amide bonds. The van der Waals surface area contributed by atoms with Gasteiger partial charge in [0.1, 0.15) is 5.76 Å². The lowest BCUT2D eigenvalue weighted by atomic mass is 9.94. The summed E-state index contributed by atoms with van der Waals surface area (Å²) in [4.78, 5) is 20.5. The topological polar surface area (TPSA) is 91.5 Å². The van der Waals surface area contributed by atoms with Crippen molar-refractivity contribution in [2.75, 3.05) is 18.9 Å². The highest BCUT2D eigenvalue weighted by atomic mass is 16.4. The van der Waals surface area contributed by atoms with Crippen molar-refractivity contribution >= 4 is 17.6 Å². The molecule has 27 heavy (non-hydrogen) atoms. The fourth-order valence-electron chi connectivity index (χ4n) is 2.36. The van der Waals surface area contributed by atoms with Gasteiger partial charge in [-0.15, -0.1) is 0 Å². The molecule has 146 valence electrons. The Morgan fingerprint density at radius 3 is 2.67 bits per heavy atom. The number of hydrogen-bond acceptors (Lipinski definition) is 4. The SMILES string of the molecule is CCc1cccc(NC(=O)CNC(=NC)NCc2ncc(C(C)(C)C)o2)c1. The molecule has 0 unspecified atom stereocenters. The summed E-state index contributed by atoms with van der Waals surface area (Å²) < 4.78 is 5.73. The second-order valence-corrected chi connectivity index (χ2v) is 7.25. The van der Waals surface area contributed by atoms with Gasteiger partial charge in [0.15, 0.2) is 5.96 Å². The number of anilines is 1. The standard InChI is InChI=1S/C20H29N5O2/c1-6-14-8-7-9-15(10-14)25-17(26)12-23-19(21-5)24-13-18-22-11-16(27-18)20(2,3)4/h7-11H,6,12-13H2,1-5H3,(H,25,26)(H2,21,23,24). The van der Waals surface area contributed by atoms with Gasteiger partial charge in [-0.25, -0.2) is 4.98 Å². The Labute approximate surface area is 160 Å². The Morgan fingerprint density at radius 2 is 2.04 bits per heavy atom. The number of aromatic nitrogens is 1. The van der Waals surface area contributed by atoms with E-state index in [0.29, 0.717) is 18.4 Å². The predicted octanol–water partition coefficient (Wildman–Crippen LogP) is 2.84. The van der Waals surface area contributed by atoms with Gasteiger partial charge in [-0.05, 0) is 24.1 Å². The second kappa shape index (κ2) is 9.21. The monoisotopic (exact) mass is 371 g/mol. The van der Waals surface area contributed by atoms with E-state index in [-0.39, 0.29) is 17.9 Å². The minimum atomic E-state index is -0.141. The molecule has 0 aliphatic heterocycles. The minimum Gasteiger partial charge on any atom is -0.443 e. The van der Waals surface area contributed by atoms with Crippen LogP contribution in [0.5, 0.6) is 0 Å². The molecule has 0 spiro atoms. The van der Waals surface area contributed by atoms with Crippen molar-refractivity contribution in [3.63, 3.8) is 0 Å². The average Bonchev–Trinajstić information content (AvgIpc) is 3.11. The Kier molecular flexibility index (Phi) is 6.98. The maximum atomic E-state index is 12.1. The van der Waals surface area contributed by atoms with Crippen molar-refractivity contribution in [2.24, 2.45) is 4.99 Å². The van der Waals surface area contributed by atoms with Crippen molar-refractivity contribution in [1.82, 2.24) is 15.6 Å². The Morgan fingerprint density at radius 1 is 1.26 bits per heavy atom. The summed E-state index contributed by atoms with van der Waals surface area (Å²) in [6.07, 6.45) is 2.67. The highest BCUT2D eigenvalue weighted by Crippen LogP contribution is 2.22. The zero-order chi connectivity index (χ0) is 19.9. The summed E-state index contributed by atoms with van der Waals surface area (Å²) in [5.41, 5.74) is 1.88. The molecular formula is C20H29N5O2. The summed E-state index contributed by atoms with van der Waals surface area (Å²) in [5, 5.41) is 8.95. The number of hydrogen-bond donors (Lipinski definition) is 3. The van der Waals surface area contributed by atoms with E-state index in [1.165, 1.54) is 5.56 Å². The normalized spacial score (nSPS) is 12.0. The Bertz CT molecular complexity index is 790. The molecular weight excluding hydrogens is 342 g/mol. The van der Waals surface area contributed by atoms with Gasteiger partial charge in [-0.3, -0.25) is 9.79 Å². The maximum Gasteiger partial charge on any atom is 0.243 e. The number of carbonyl (C=O) groups excluding carboxylic acids is 1. The zero-order valence-corrected chi connectivity index (χ0v) is 16.7. The van der Waals surface area contributed by atoms with E-state index in [9.17, 15) is 4.79 Å². The molecule has 3 N–H and O–H groups in total. The maximum absolute atomic E-state index is 12.1. The summed E-state index contributed by atoms with van der Waals surface area (Å²) in [7, 11) is 1.65. The summed E-state index contributed by atoms with van der Waals surface area (Å²) in [6, 6.07) is 7.82. The van der Waals surface area contributed by atoms with Crippen LogP contribution in [-0.4, -0.2) is 30.4 Å². The summed E-state index contributed by atoms with van der Waals surface area (Å²) >= 11 is 0. The molecule has 0 saturated carbocycles. The number of rotatable bonds is 6. The molecule has 7 nitrogen and oxygen atoms in total. The third kappa shape index (κ3) is 6.44. The third-order valence-electron chi connectivity index (χ3n) is 3.96. The van der Waals surface area contributed by atoms with Crippen LogP contribution in [0.3, 0.4) is 0 Å². The average molecular weight is 371 g/mol. The molecule has 1 aromatic heterocycles. The van der Waals surface area contributed by atoms with Gasteiger partial charge in [-0.1, -0.05) is 39.8 Å². The molecule has 0 fully saturated rings. The Hall–Kier alpha value is -2.83. The number of amides is 1. The van der Waals surface area contributed by atoms with Crippen molar-refractivity contribution in [3.05, 3.63) is 47.7 Å². The lowest BCUT2D eigenvalue weighted by Gasteiger charge is -2.13. The molecule has 0 atom stereocenters. The van der Waals surface area contributed by atoms with Crippen molar-refractivity contribution in [2.45, 2.75) is 46.1 Å². The van der Waals surface area contributed by atoms with Crippen LogP contribution in [0, 0.1) is 0 Å². The molecule has 0 saturated heterocycles. The van der Waals surface area contributed by atoms with Gasteiger partial charge in [-0.2, -0.15) is 0 Å². The van der Waals surface area contributed by atoms with Crippen LogP contribution in [0.1, 0.15) is 44.9 Å². The lowest BCUT2D eigenvalue weighted by molar-refractivity contribution is -0.115. The summed E-state index contributed by atoms with van der Waals surface area (Å²) in [5.74, 6) is 1.76. The second-order valence-electron chi connectivity index (χ2n) is 7.25. The number of guanidine groups is 1. The first-order valence-corrected chi connectivity index (χ1v) is 9.10. The number of nitrogens with zero attached hydrogens (tertiary/aromatic N) is 2. The molecule has 2 aromatic rings. The number of aryl methyl sites for hydroxylation is 1. The van der Waals surface area contributed by atoms with E-state index in [1.54, 1.807) is 13.2 Å². The number of oxazole rings is 1. The fraction of sp³-hybridized carbons (Fsp3) is 0.450. The number of carbonyl (C=O) groups is 1. The number of nitrogens with one attached hydrogen (secondary N) is 3. The number of aliphatic imine (C=N–C) groups is 1. The molecule has 1 aromatic carbocycles. The van der Waals surface area contributed by atoms with Gasteiger partial charge < -0.3 is 20.4 Å². The van der Waals surface area contributed by atoms with E-state index >= 15 is 0 Å². The first-order chi connectivity index (χ1) is 12.8. The first-order valence-electron chi connectivity index (χ1n) is 9.10. The Balaban J connectivity index is 1.81. The molecule has 7 heteroatoms. The van der Waals surface area contributed by atoms with Crippen LogP contribution in [0.2, 0.25) is 0 Å². The molecule has 2 rings (SSSR count). The van der Waals surface area contributed by atoms with Crippen LogP contribution in [0.4, 0.5) is 5.69 Å². The van der Waals surface area contributed by atoms with E-state index in [2.05, 4.69) is 53.6 Å². The van der Waals surface area contributed by atoms with Crippen LogP contribution >= 0.6 is 0 Å². The molecule has 0 radical (unpaired) electrons. The van der Waals surface area contributed by atoms with Crippen LogP contribution in [-0.2, 0) is 23.2 Å². The smallest absolute Gasteiger partial charge is 0.243 e. The van der Waals surface area contributed by atoms with E-state index < -0.39 is 0 Å². The van der Waals surface area contributed by atoms with E-state index in [4.69, 9.17) is 4.42 Å². The minimum absolute atomic E-state index is 0.0850. The highest BCUT2D eigenvalue weighted by molar-refractivity contribution is 5.95. The number of benzene rings is 1. The van der Waals surface area contributed by atoms with Gasteiger partial charge in [0, 0.05) is 18.2 Å². The van der Waals surface area contributed by atoms with Crippen LogP contribution in [0.25, 0.3) is 0 Å². The predicted molar refractivity (Wildman–Crippen MR) is 108 cm³/mol. The molecule has 0 aliphatic rings. The van der Waals surface area contributed by atoms with Gasteiger partial charge in [0.2, 0.25) is 11.8 Å². The van der Waals surface area contributed by atoms with Crippen molar-refractivity contribution in [3.8, 4) is 0 Å². The highest BCUT2D eigenvalue weighted by Gasteiger charge is 2.19. The van der Waals surface area contributed by atoms with E-state index in [0.717, 1.165) is 17.9 Å². The van der Waals surface area contributed by atoms with Gasteiger partial charge in [0.25, 0.3) is 0 Å². The third-order valence-corrected chi connectivity index (χ3v) is 3.96. The van der Waals surface area contributed by atoms with Crippen molar-refractivity contribution < 1.29 is 9.21 Å². The molecule has 1 heterocycles. The summed E-state index contributed by atoms with van der Waals surface area (Å²) in [6.45, 7) is 8.78. The quantitative estimate of drug-likeness (QED) is 0.536. The first kappa shape index (κ1) is 20.5. The van der Waals surface area contributed by atoms with Crippen LogP contribution in [0.15, 0.2) is 39.9 Å². The van der Waals surface area contributed by atoms with Gasteiger partial charge in [0.05, 0.1) is 19.3 Å². The van der Waals surface area contributed by atoms with Crippen LogP contribution < -0.4 is 16.0 Å². The molecule has 0 bridgehead atoms. The van der Waals surface area contributed by atoms with E-state index in [1.807, 2.05) is 24.3 Å². The van der Waals surface area contributed by atoms with Gasteiger partial charge >= 0.3 is 0 Å². The fourth-order valence-corrected chi connectivity index (χ4v) is 2.36. The zero-order valence-electron chi connectivity index (χ0n) is 16.7. The largest absolute Gasteiger partial charge is 0.443 e. The van der Waals surface area contributed by atoms with Crippen molar-refractivity contribution in [1.29, 1.82) is 0 Å². The molecule has 0 aliphatic carbocycles.